The molecule has 5 heteroatoms. The summed E-state index contributed by atoms with van der Waals surface area (Å²) >= 11 is 6.84. The topological polar surface area (TPSA) is 37.4 Å². The first-order valence-corrected chi connectivity index (χ1v) is 6.35. The first-order valence-electron chi connectivity index (χ1n) is 4.77. The van der Waals surface area contributed by atoms with E-state index < -0.39 is 0 Å². The summed E-state index contributed by atoms with van der Waals surface area (Å²) in [5.74, 6) is -0.181. The zero-order valence-electron chi connectivity index (χ0n) is 8.59. The first-order chi connectivity index (χ1) is 7.49. The monoisotopic (exact) mass is 345 g/mol. The van der Waals surface area contributed by atoms with E-state index in [-0.39, 0.29) is 24.7 Å². The molecule has 0 atom stereocenters. The van der Waals surface area contributed by atoms with Crippen LogP contribution >= 0.6 is 31.9 Å². The van der Waals surface area contributed by atoms with Crippen LogP contribution in [0.4, 0.5) is 5.69 Å². The Morgan fingerprint density at radius 3 is 2.19 bits per heavy atom. The van der Waals surface area contributed by atoms with Gasteiger partial charge in [-0.3, -0.25) is 9.59 Å². The van der Waals surface area contributed by atoms with Gasteiger partial charge >= 0.3 is 0 Å². The number of amides is 1. The number of hydrogen-bond acceptors (Lipinski definition) is 2. The minimum atomic E-state index is -0.143. The molecule has 0 saturated carbocycles. The predicted molar refractivity (Wildman–Crippen MR) is 68.6 cm³/mol. The number of carbonyl (C=O) groups is 2. The van der Waals surface area contributed by atoms with Gasteiger partial charge in [-0.2, -0.15) is 0 Å². The van der Waals surface area contributed by atoms with Crippen LogP contribution in [0.5, 0.6) is 0 Å². The molecule has 0 bridgehead atoms. The lowest BCUT2D eigenvalue weighted by Gasteiger charge is -2.18. The number of ketones is 1. The zero-order chi connectivity index (χ0) is 11.9. The highest BCUT2D eigenvalue weighted by Gasteiger charge is 2.31. The third-order valence-corrected chi connectivity index (χ3v) is 3.62. The number of halogens is 2. The van der Waals surface area contributed by atoms with Crippen molar-refractivity contribution in [1.29, 1.82) is 0 Å². The second kappa shape index (κ2) is 4.30. The van der Waals surface area contributed by atoms with Gasteiger partial charge in [-0.1, -0.05) is 0 Å². The minimum absolute atomic E-state index is 0.00670. The van der Waals surface area contributed by atoms with E-state index in [1.807, 2.05) is 19.1 Å². The van der Waals surface area contributed by atoms with Gasteiger partial charge in [0.25, 0.3) is 0 Å². The number of carbonyl (C=O) groups excluding carboxylic acids is 2. The highest BCUT2D eigenvalue weighted by molar-refractivity contribution is 9.11. The molecule has 0 aliphatic carbocycles. The van der Waals surface area contributed by atoms with Crippen LogP contribution in [0.2, 0.25) is 0 Å². The van der Waals surface area contributed by atoms with E-state index in [0.717, 1.165) is 20.2 Å². The summed E-state index contributed by atoms with van der Waals surface area (Å²) in [7, 11) is 0. The van der Waals surface area contributed by atoms with Crippen molar-refractivity contribution in [2.45, 2.75) is 13.3 Å². The van der Waals surface area contributed by atoms with Gasteiger partial charge in [0.15, 0.2) is 5.78 Å². The smallest absolute Gasteiger partial charge is 0.234 e. The van der Waals surface area contributed by atoms with Crippen LogP contribution in [-0.2, 0) is 9.59 Å². The summed E-state index contributed by atoms with van der Waals surface area (Å²) in [5, 5.41) is 0. The van der Waals surface area contributed by atoms with E-state index in [4.69, 9.17) is 0 Å². The molecule has 1 aromatic rings. The van der Waals surface area contributed by atoms with Crippen LogP contribution in [0.3, 0.4) is 0 Å². The molecule has 1 aliphatic rings. The molecule has 0 unspecified atom stereocenters. The van der Waals surface area contributed by atoms with Gasteiger partial charge in [0.2, 0.25) is 5.91 Å². The van der Waals surface area contributed by atoms with E-state index in [2.05, 4.69) is 31.9 Å². The number of Topliss-reactive ketones (excluding diaryl/α,β-unsaturated/α-hetero) is 1. The summed E-state index contributed by atoms with van der Waals surface area (Å²) in [4.78, 5) is 24.4. The SMILES string of the molecule is Cc1cc(Br)c(N2CC(=O)CC2=O)c(Br)c1. The standard InChI is InChI=1S/C11H9Br2NO2/c1-6-2-8(12)11(9(13)3-6)14-5-7(15)4-10(14)16/h2-3H,4-5H2,1H3. The molecule has 84 valence electrons. The Bertz CT molecular complexity index is 462. The maximum absolute atomic E-state index is 11.6. The van der Waals surface area contributed by atoms with Crippen molar-refractivity contribution in [1.82, 2.24) is 0 Å². The van der Waals surface area contributed by atoms with Gasteiger partial charge in [0.05, 0.1) is 18.7 Å². The normalized spacial score (nSPS) is 16.1. The fourth-order valence-electron chi connectivity index (χ4n) is 1.74. The average Bonchev–Trinajstić information content (AvgIpc) is 2.43. The van der Waals surface area contributed by atoms with Crippen molar-refractivity contribution >= 4 is 49.2 Å². The van der Waals surface area contributed by atoms with Crippen LogP contribution in [0, 0.1) is 6.92 Å². The lowest BCUT2D eigenvalue weighted by molar-refractivity contribution is -0.121. The van der Waals surface area contributed by atoms with Crippen molar-refractivity contribution in [3.63, 3.8) is 0 Å². The van der Waals surface area contributed by atoms with Gasteiger partial charge in [0.1, 0.15) is 0 Å². The van der Waals surface area contributed by atoms with Gasteiger partial charge in [-0.15, -0.1) is 0 Å². The van der Waals surface area contributed by atoms with Crippen LogP contribution in [-0.4, -0.2) is 18.2 Å². The Morgan fingerprint density at radius 1 is 1.19 bits per heavy atom. The highest BCUT2D eigenvalue weighted by atomic mass is 79.9. The molecule has 1 fully saturated rings. The Hall–Kier alpha value is -0.680. The van der Waals surface area contributed by atoms with Gasteiger partial charge in [-0.25, -0.2) is 0 Å². The Balaban J connectivity index is 2.48. The minimum Gasteiger partial charge on any atom is -0.302 e. The molecule has 2 rings (SSSR count). The van der Waals surface area contributed by atoms with Crippen molar-refractivity contribution < 1.29 is 9.59 Å². The maximum atomic E-state index is 11.6. The van der Waals surface area contributed by atoms with Crippen molar-refractivity contribution in [2.24, 2.45) is 0 Å². The van der Waals surface area contributed by atoms with Gasteiger partial charge in [-0.05, 0) is 56.5 Å². The number of benzene rings is 1. The fourth-order valence-corrected chi connectivity index (χ4v) is 3.58. The maximum Gasteiger partial charge on any atom is 0.234 e. The molecular formula is C11H9Br2NO2. The molecule has 0 spiro atoms. The van der Waals surface area contributed by atoms with Crippen LogP contribution in [0.25, 0.3) is 0 Å². The van der Waals surface area contributed by atoms with E-state index in [9.17, 15) is 9.59 Å². The van der Waals surface area contributed by atoms with Gasteiger partial charge < -0.3 is 4.90 Å². The summed E-state index contributed by atoms with van der Waals surface area (Å²) in [6.07, 6.45) is 0.00670. The summed E-state index contributed by atoms with van der Waals surface area (Å²) in [6, 6.07) is 3.85. The Labute approximate surface area is 110 Å². The summed E-state index contributed by atoms with van der Waals surface area (Å²) < 4.78 is 1.64. The van der Waals surface area contributed by atoms with Crippen LogP contribution in [0.15, 0.2) is 21.1 Å². The average molecular weight is 347 g/mol. The molecule has 1 saturated heterocycles. The van der Waals surface area contributed by atoms with E-state index in [1.165, 1.54) is 4.90 Å². The molecule has 16 heavy (non-hydrogen) atoms. The first kappa shape index (κ1) is 11.8. The zero-order valence-corrected chi connectivity index (χ0v) is 11.8. The quantitative estimate of drug-likeness (QED) is 0.733. The lowest BCUT2D eigenvalue weighted by Crippen LogP contribution is -2.25. The Morgan fingerprint density at radius 2 is 1.75 bits per heavy atom. The summed E-state index contributed by atoms with van der Waals surface area (Å²) in [6.45, 7) is 2.13. The van der Waals surface area contributed by atoms with Crippen molar-refractivity contribution in [3.05, 3.63) is 26.6 Å². The molecule has 0 aromatic heterocycles. The molecule has 0 radical (unpaired) electrons. The van der Waals surface area contributed by atoms with E-state index >= 15 is 0 Å². The second-order valence-corrected chi connectivity index (χ2v) is 5.48. The third kappa shape index (κ3) is 2.06. The van der Waals surface area contributed by atoms with Crippen molar-refractivity contribution in [2.75, 3.05) is 11.4 Å². The number of anilines is 1. The van der Waals surface area contributed by atoms with Crippen LogP contribution < -0.4 is 4.90 Å². The molecule has 1 heterocycles. The second-order valence-electron chi connectivity index (χ2n) is 3.77. The van der Waals surface area contributed by atoms with E-state index in [0.29, 0.717) is 0 Å². The predicted octanol–water partition coefficient (Wildman–Crippen LogP) is 2.83. The number of nitrogens with zero attached hydrogens (tertiary/aromatic N) is 1. The van der Waals surface area contributed by atoms with Gasteiger partial charge in [0, 0.05) is 8.95 Å². The number of hydrogen-bond donors (Lipinski definition) is 0. The molecule has 1 amide bonds. The molecule has 0 N–H and O–H groups in total. The van der Waals surface area contributed by atoms with Crippen molar-refractivity contribution in [3.8, 4) is 0 Å². The largest absolute Gasteiger partial charge is 0.302 e. The molecule has 3 nitrogen and oxygen atoms in total. The third-order valence-electron chi connectivity index (χ3n) is 2.42. The fraction of sp³-hybridized carbons (Fsp3) is 0.273. The summed E-state index contributed by atoms with van der Waals surface area (Å²) in [5.41, 5.74) is 1.82. The molecular weight excluding hydrogens is 338 g/mol. The molecule has 1 aliphatic heterocycles. The highest BCUT2D eigenvalue weighted by Crippen LogP contribution is 2.36. The Kier molecular flexibility index (Phi) is 3.17. The van der Waals surface area contributed by atoms with E-state index in [1.54, 1.807) is 0 Å². The van der Waals surface area contributed by atoms with Crippen LogP contribution in [0.1, 0.15) is 12.0 Å². The number of rotatable bonds is 1. The molecule has 1 aromatic carbocycles. The lowest BCUT2D eigenvalue weighted by atomic mass is 10.2. The number of aryl methyl sites for hydroxylation is 1.